The Hall–Kier alpha value is -1.77. The summed E-state index contributed by atoms with van der Waals surface area (Å²) >= 11 is 0. The summed E-state index contributed by atoms with van der Waals surface area (Å²) in [5, 5.41) is 0. The van der Waals surface area contributed by atoms with Gasteiger partial charge in [-0.15, -0.1) is 0 Å². The summed E-state index contributed by atoms with van der Waals surface area (Å²) in [5.74, 6) is 1.47. The van der Waals surface area contributed by atoms with Gasteiger partial charge < -0.3 is 9.47 Å². The molecule has 104 valence electrons. The lowest BCUT2D eigenvalue weighted by Gasteiger charge is -2.11. The fraction of sp³-hybridized carbons (Fsp3) is 0.438. The topological polar surface area (TPSA) is 35.5 Å². The van der Waals surface area contributed by atoms with Crippen molar-refractivity contribution in [3.8, 4) is 11.5 Å². The summed E-state index contributed by atoms with van der Waals surface area (Å²) in [6.07, 6.45) is 6.70. The van der Waals surface area contributed by atoms with Crippen LogP contribution in [0.15, 0.2) is 24.3 Å². The molecule has 0 amide bonds. The van der Waals surface area contributed by atoms with E-state index in [9.17, 15) is 4.79 Å². The zero-order valence-corrected chi connectivity index (χ0v) is 11.9. The molecule has 0 radical (unpaired) electrons. The number of methoxy groups -OCH3 is 1. The van der Waals surface area contributed by atoms with Gasteiger partial charge in [0.25, 0.3) is 0 Å². The summed E-state index contributed by atoms with van der Waals surface area (Å²) in [4.78, 5) is 10.9. The molecule has 0 atom stereocenters. The number of hydrogen-bond donors (Lipinski definition) is 0. The molecule has 0 spiro atoms. The third-order valence-corrected chi connectivity index (χ3v) is 2.70. The van der Waals surface area contributed by atoms with Crippen molar-refractivity contribution in [3.05, 3.63) is 29.8 Å². The largest absolute Gasteiger partial charge is 0.493 e. The van der Waals surface area contributed by atoms with Gasteiger partial charge in [-0.1, -0.05) is 31.9 Å². The Labute approximate surface area is 115 Å². The first-order chi connectivity index (χ1) is 9.17. The van der Waals surface area contributed by atoms with E-state index in [0.717, 1.165) is 17.7 Å². The van der Waals surface area contributed by atoms with E-state index in [0.29, 0.717) is 12.4 Å². The van der Waals surface area contributed by atoms with E-state index in [-0.39, 0.29) is 5.78 Å². The minimum absolute atomic E-state index is 0.0267. The molecule has 0 fully saturated rings. The fourth-order valence-electron chi connectivity index (χ4n) is 1.65. The van der Waals surface area contributed by atoms with Crippen molar-refractivity contribution in [2.24, 2.45) is 0 Å². The Bertz CT molecular complexity index is 436. The molecule has 1 aromatic carbocycles. The van der Waals surface area contributed by atoms with Crippen LogP contribution in [0.1, 0.15) is 38.7 Å². The number of carbonyl (C=O) groups is 1. The van der Waals surface area contributed by atoms with Crippen LogP contribution in [0.4, 0.5) is 0 Å². The summed E-state index contributed by atoms with van der Waals surface area (Å²) in [5.41, 5.74) is 0.924. The van der Waals surface area contributed by atoms with Crippen LogP contribution >= 0.6 is 0 Å². The van der Waals surface area contributed by atoms with Crippen molar-refractivity contribution < 1.29 is 14.3 Å². The second-order valence-corrected chi connectivity index (χ2v) is 4.41. The average molecular weight is 262 g/mol. The Kier molecular flexibility index (Phi) is 6.72. The lowest BCUT2D eigenvalue weighted by atomic mass is 10.1. The van der Waals surface area contributed by atoms with Crippen LogP contribution in [0.25, 0.3) is 6.08 Å². The molecular weight excluding hydrogens is 240 g/mol. The summed E-state index contributed by atoms with van der Waals surface area (Å²) < 4.78 is 11.0. The SMILES string of the molecule is CCCCCOc1ccc(/C=C/C(C)=O)cc1OC. The average Bonchev–Trinajstić information content (AvgIpc) is 2.42. The second-order valence-electron chi connectivity index (χ2n) is 4.41. The van der Waals surface area contributed by atoms with Crippen molar-refractivity contribution in [1.82, 2.24) is 0 Å². The van der Waals surface area contributed by atoms with E-state index < -0.39 is 0 Å². The first kappa shape index (κ1) is 15.3. The Morgan fingerprint density at radius 1 is 1.26 bits per heavy atom. The Morgan fingerprint density at radius 3 is 2.68 bits per heavy atom. The van der Waals surface area contributed by atoms with Crippen LogP contribution < -0.4 is 9.47 Å². The minimum atomic E-state index is 0.0267. The molecule has 3 nitrogen and oxygen atoms in total. The number of allylic oxidation sites excluding steroid dienone is 1. The van der Waals surface area contributed by atoms with Gasteiger partial charge >= 0.3 is 0 Å². The predicted octanol–water partition coefficient (Wildman–Crippen LogP) is 3.87. The van der Waals surface area contributed by atoms with Crippen LogP contribution in [0.5, 0.6) is 11.5 Å². The van der Waals surface area contributed by atoms with Gasteiger partial charge in [0.05, 0.1) is 13.7 Å². The third kappa shape index (κ3) is 5.60. The lowest BCUT2D eigenvalue weighted by Crippen LogP contribution is -1.99. The number of ketones is 1. The van der Waals surface area contributed by atoms with Crippen molar-refractivity contribution in [1.29, 1.82) is 0 Å². The van der Waals surface area contributed by atoms with Gasteiger partial charge in [-0.3, -0.25) is 4.79 Å². The van der Waals surface area contributed by atoms with Crippen LogP contribution in [0, 0.1) is 0 Å². The zero-order chi connectivity index (χ0) is 14.1. The van der Waals surface area contributed by atoms with Gasteiger partial charge in [-0.25, -0.2) is 0 Å². The maximum absolute atomic E-state index is 10.9. The van der Waals surface area contributed by atoms with E-state index in [2.05, 4.69) is 6.92 Å². The van der Waals surface area contributed by atoms with Crippen LogP contribution in [-0.2, 0) is 4.79 Å². The molecule has 0 bridgehead atoms. The number of benzene rings is 1. The smallest absolute Gasteiger partial charge is 0.161 e. The lowest BCUT2D eigenvalue weighted by molar-refractivity contribution is -0.112. The Balaban J connectivity index is 2.70. The predicted molar refractivity (Wildman–Crippen MR) is 77.7 cm³/mol. The molecule has 0 N–H and O–H groups in total. The van der Waals surface area contributed by atoms with Gasteiger partial charge in [0, 0.05) is 0 Å². The number of carbonyl (C=O) groups excluding carboxylic acids is 1. The highest BCUT2D eigenvalue weighted by molar-refractivity contribution is 5.91. The molecule has 0 heterocycles. The highest BCUT2D eigenvalue weighted by atomic mass is 16.5. The van der Waals surface area contributed by atoms with Gasteiger partial charge in [-0.05, 0) is 37.1 Å². The molecule has 19 heavy (non-hydrogen) atoms. The van der Waals surface area contributed by atoms with E-state index >= 15 is 0 Å². The maximum Gasteiger partial charge on any atom is 0.161 e. The molecule has 0 aliphatic carbocycles. The van der Waals surface area contributed by atoms with Crippen LogP contribution in [0.2, 0.25) is 0 Å². The highest BCUT2D eigenvalue weighted by Crippen LogP contribution is 2.28. The molecule has 1 rings (SSSR count). The molecule has 0 aliphatic rings. The third-order valence-electron chi connectivity index (χ3n) is 2.70. The summed E-state index contributed by atoms with van der Waals surface area (Å²) in [6, 6.07) is 5.66. The first-order valence-corrected chi connectivity index (χ1v) is 6.67. The normalized spacial score (nSPS) is 10.7. The van der Waals surface area contributed by atoms with Crippen molar-refractivity contribution in [3.63, 3.8) is 0 Å². The van der Waals surface area contributed by atoms with E-state index in [1.807, 2.05) is 18.2 Å². The second kappa shape index (κ2) is 8.35. The van der Waals surface area contributed by atoms with Gasteiger partial charge in [0.2, 0.25) is 0 Å². The Morgan fingerprint density at radius 2 is 2.05 bits per heavy atom. The number of hydrogen-bond acceptors (Lipinski definition) is 3. The fourth-order valence-corrected chi connectivity index (χ4v) is 1.65. The number of unbranched alkanes of at least 4 members (excludes halogenated alkanes) is 2. The molecule has 0 saturated carbocycles. The minimum Gasteiger partial charge on any atom is -0.493 e. The van der Waals surface area contributed by atoms with Crippen molar-refractivity contribution >= 4 is 11.9 Å². The van der Waals surface area contributed by atoms with Gasteiger partial charge in [-0.2, -0.15) is 0 Å². The van der Waals surface area contributed by atoms with Crippen molar-refractivity contribution in [2.75, 3.05) is 13.7 Å². The van der Waals surface area contributed by atoms with Crippen LogP contribution in [0.3, 0.4) is 0 Å². The molecule has 3 heteroatoms. The number of rotatable bonds is 8. The zero-order valence-electron chi connectivity index (χ0n) is 11.9. The summed E-state index contributed by atoms with van der Waals surface area (Å²) in [6.45, 7) is 4.39. The van der Waals surface area contributed by atoms with Crippen LogP contribution in [-0.4, -0.2) is 19.5 Å². The van der Waals surface area contributed by atoms with Gasteiger partial charge in [0.1, 0.15) is 0 Å². The number of ether oxygens (including phenoxy) is 2. The quantitative estimate of drug-likeness (QED) is 0.527. The highest BCUT2D eigenvalue weighted by Gasteiger charge is 2.04. The summed E-state index contributed by atoms with van der Waals surface area (Å²) in [7, 11) is 1.62. The molecule has 1 aromatic rings. The molecule has 0 aromatic heterocycles. The standard InChI is InChI=1S/C16H22O3/c1-4-5-6-11-19-15-10-9-14(8-7-13(2)17)12-16(15)18-3/h7-10,12H,4-6,11H2,1-3H3/b8-7+. The molecule has 0 unspecified atom stereocenters. The molecule has 0 aliphatic heterocycles. The van der Waals surface area contributed by atoms with Gasteiger partial charge in [0.15, 0.2) is 17.3 Å². The van der Waals surface area contributed by atoms with E-state index in [4.69, 9.17) is 9.47 Å². The van der Waals surface area contributed by atoms with E-state index in [1.54, 1.807) is 13.2 Å². The van der Waals surface area contributed by atoms with Crippen molar-refractivity contribution in [2.45, 2.75) is 33.1 Å². The van der Waals surface area contributed by atoms with E-state index in [1.165, 1.54) is 25.8 Å². The monoisotopic (exact) mass is 262 g/mol. The molecule has 0 saturated heterocycles. The molecular formula is C16H22O3. The maximum atomic E-state index is 10.9. The first-order valence-electron chi connectivity index (χ1n) is 6.67.